The van der Waals surface area contributed by atoms with Crippen molar-refractivity contribution >= 4 is 20.3 Å². The molecule has 0 amide bonds. The Kier molecular flexibility index (Phi) is 15.2. The predicted octanol–water partition coefficient (Wildman–Crippen LogP) is -0.758. The second-order valence-electron chi connectivity index (χ2n) is 3.00. The molecule has 1 rings (SSSR count). The first-order chi connectivity index (χ1) is 7.00. The molecule has 0 aliphatic carbocycles. The molecule has 1 saturated heterocycles. The second-order valence-corrected chi connectivity index (χ2v) is 3.00. The summed E-state index contributed by atoms with van der Waals surface area (Å²) in [7, 11) is 0. The SMILES string of the molecule is C1CNCCNCCNCCN1.[Cu][I]. The van der Waals surface area contributed by atoms with Gasteiger partial charge in [-0.25, -0.2) is 0 Å². The number of nitrogens with one attached hydrogen (secondary N) is 4. The molecule has 1 heterocycles. The molecule has 14 heavy (non-hydrogen) atoms. The van der Waals surface area contributed by atoms with E-state index in [0.29, 0.717) is 0 Å². The van der Waals surface area contributed by atoms with Gasteiger partial charge in [0, 0.05) is 52.4 Å². The van der Waals surface area contributed by atoms with Crippen LogP contribution in [0, 0.1) is 0 Å². The van der Waals surface area contributed by atoms with Crippen molar-refractivity contribution in [1.82, 2.24) is 21.3 Å². The minimum absolute atomic E-state index is 1.07. The monoisotopic (exact) mass is 362 g/mol. The molecule has 0 unspecified atom stereocenters. The van der Waals surface area contributed by atoms with Gasteiger partial charge in [-0.1, -0.05) is 0 Å². The van der Waals surface area contributed by atoms with E-state index in [-0.39, 0.29) is 0 Å². The van der Waals surface area contributed by atoms with Crippen LogP contribution >= 0.6 is 20.3 Å². The van der Waals surface area contributed by atoms with E-state index in [1.807, 2.05) is 0 Å². The van der Waals surface area contributed by atoms with Gasteiger partial charge >= 0.3 is 33.1 Å². The van der Waals surface area contributed by atoms with Crippen LogP contribution in [0.5, 0.6) is 0 Å². The number of halogens is 1. The van der Waals surface area contributed by atoms with E-state index in [9.17, 15) is 0 Å². The Labute approximate surface area is 106 Å². The van der Waals surface area contributed by atoms with Crippen LogP contribution in [0.1, 0.15) is 0 Å². The van der Waals surface area contributed by atoms with Crippen molar-refractivity contribution in [1.29, 1.82) is 0 Å². The van der Waals surface area contributed by atoms with E-state index < -0.39 is 0 Å². The van der Waals surface area contributed by atoms with Gasteiger partial charge in [-0.2, -0.15) is 0 Å². The fourth-order valence-electron chi connectivity index (χ4n) is 1.21. The Morgan fingerprint density at radius 1 is 0.500 bits per heavy atom. The Balaban J connectivity index is 0.000000791. The Bertz CT molecular complexity index is 64.3. The summed E-state index contributed by atoms with van der Waals surface area (Å²) < 4.78 is 0. The van der Waals surface area contributed by atoms with Crippen LogP contribution in [-0.2, 0) is 12.8 Å². The zero-order chi connectivity index (χ0) is 10.5. The van der Waals surface area contributed by atoms with E-state index >= 15 is 0 Å². The van der Waals surface area contributed by atoms with Gasteiger partial charge in [0.25, 0.3) is 0 Å². The van der Waals surface area contributed by atoms with Gasteiger partial charge in [0.1, 0.15) is 0 Å². The molecule has 1 aliphatic heterocycles. The van der Waals surface area contributed by atoms with E-state index in [4.69, 9.17) is 0 Å². The average Bonchev–Trinajstić information content (AvgIpc) is 2.22. The van der Waals surface area contributed by atoms with Crippen LogP contribution in [0.3, 0.4) is 0 Å². The first kappa shape index (κ1) is 15.1. The zero-order valence-electron chi connectivity index (χ0n) is 8.34. The molecular weight excluding hydrogens is 343 g/mol. The molecule has 1 fully saturated rings. The van der Waals surface area contributed by atoms with E-state index in [1.165, 1.54) is 0 Å². The topological polar surface area (TPSA) is 48.1 Å². The molecule has 90 valence electrons. The Hall–Kier alpha value is 1.09. The molecule has 0 aromatic heterocycles. The van der Waals surface area contributed by atoms with Crippen LogP contribution in [-0.4, -0.2) is 52.4 Å². The number of hydrogen-bond acceptors (Lipinski definition) is 4. The van der Waals surface area contributed by atoms with E-state index in [1.54, 1.807) is 20.3 Å². The van der Waals surface area contributed by atoms with Crippen LogP contribution in [0.25, 0.3) is 0 Å². The van der Waals surface area contributed by atoms with Crippen molar-refractivity contribution in [2.45, 2.75) is 0 Å². The molecule has 0 spiro atoms. The molecule has 4 N–H and O–H groups in total. The summed E-state index contributed by atoms with van der Waals surface area (Å²) in [4.78, 5) is 0. The van der Waals surface area contributed by atoms with Gasteiger partial charge in [0.05, 0.1) is 0 Å². The zero-order valence-corrected chi connectivity index (χ0v) is 11.4. The summed E-state index contributed by atoms with van der Waals surface area (Å²) in [5, 5.41) is 13.4. The summed E-state index contributed by atoms with van der Waals surface area (Å²) in [5.41, 5.74) is 0. The molecule has 0 atom stereocenters. The predicted molar refractivity (Wildman–Crippen MR) is 65.5 cm³/mol. The summed E-state index contributed by atoms with van der Waals surface area (Å²) in [6.45, 7) is 8.57. The third-order valence-electron chi connectivity index (χ3n) is 1.91. The Morgan fingerprint density at radius 2 is 0.643 bits per heavy atom. The first-order valence-corrected chi connectivity index (χ1v) is 7.98. The average molecular weight is 363 g/mol. The molecule has 1 aliphatic rings. The van der Waals surface area contributed by atoms with Crippen LogP contribution in [0.2, 0.25) is 0 Å². The van der Waals surface area contributed by atoms with Gasteiger partial charge in [-0.05, 0) is 0 Å². The summed E-state index contributed by atoms with van der Waals surface area (Å²) in [6, 6.07) is 0. The summed E-state index contributed by atoms with van der Waals surface area (Å²) in [6.07, 6.45) is 0. The minimum atomic E-state index is 1.07. The first-order valence-electron chi connectivity index (χ1n) is 4.94. The number of hydrogen-bond donors (Lipinski definition) is 4. The van der Waals surface area contributed by atoms with Crippen molar-refractivity contribution in [3.05, 3.63) is 0 Å². The molecule has 6 heteroatoms. The van der Waals surface area contributed by atoms with Crippen molar-refractivity contribution < 1.29 is 12.8 Å². The van der Waals surface area contributed by atoms with Gasteiger partial charge in [-0.15, -0.1) is 0 Å². The van der Waals surface area contributed by atoms with Gasteiger partial charge in [0.15, 0.2) is 0 Å². The molecule has 0 saturated carbocycles. The van der Waals surface area contributed by atoms with Gasteiger partial charge in [-0.3, -0.25) is 0 Å². The number of rotatable bonds is 0. The fourth-order valence-corrected chi connectivity index (χ4v) is 1.21. The maximum atomic E-state index is 4.16. The molecule has 0 aromatic carbocycles. The van der Waals surface area contributed by atoms with Crippen LogP contribution in [0.15, 0.2) is 0 Å². The third kappa shape index (κ3) is 11.2. The van der Waals surface area contributed by atoms with Crippen LogP contribution in [0.4, 0.5) is 0 Å². The van der Waals surface area contributed by atoms with E-state index in [0.717, 1.165) is 52.4 Å². The third-order valence-corrected chi connectivity index (χ3v) is 1.91. The second kappa shape index (κ2) is 14.1. The van der Waals surface area contributed by atoms with Crippen molar-refractivity contribution in [2.75, 3.05) is 52.4 Å². The Morgan fingerprint density at radius 3 is 0.786 bits per heavy atom. The standard InChI is InChI=1S/C8H20N4.Cu.HI/c1-2-10-5-6-12-8-7-11-4-3-9-1;;/h9-12H,1-8H2;;1H/q;+1;/p-1. The summed E-state index contributed by atoms with van der Waals surface area (Å²) >= 11 is 5.87. The molecule has 0 radical (unpaired) electrons. The maximum absolute atomic E-state index is 4.16. The molecule has 0 aromatic rings. The van der Waals surface area contributed by atoms with Crippen molar-refractivity contribution in [3.8, 4) is 0 Å². The van der Waals surface area contributed by atoms with Crippen molar-refractivity contribution in [3.63, 3.8) is 0 Å². The van der Waals surface area contributed by atoms with Gasteiger partial charge < -0.3 is 21.3 Å². The van der Waals surface area contributed by atoms with Crippen molar-refractivity contribution in [2.24, 2.45) is 0 Å². The van der Waals surface area contributed by atoms with E-state index in [2.05, 4.69) is 34.0 Å². The molecule has 0 bridgehead atoms. The van der Waals surface area contributed by atoms with Gasteiger partial charge in [0.2, 0.25) is 0 Å². The normalized spacial score (nSPS) is 21.1. The fraction of sp³-hybridized carbons (Fsp3) is 1.00. The van der Waals surface area contributed by atoms with Crippen LogP contribution < -0.4 is 21.3 Å². The summed E-state index contributed by atoms with van der Waals surface area (Å²) in [5.74, 6) is 0. The molecular formula is C8H20CuIN4. The molecule has 4 nitrogen and oxygen atoms in total. The quantitative estimate of drug-likeness (QED) is 0.338.